The topological polar surface area (TPSA) is 78.5 Å². The van der Waals surface area contributed by atoms with Crippen LogP contribution in [0.4, 0.5) is 0 Å². The molecular weight excluding hydrogens is 384 g/mol. The molecular formula is C21H16N6OS. The van der Waals surface area contributed by atoms with Crippen LogP contribution >= 0.6 is 11.3 Å². The van der Waals surface area contributed by atoms with Crippen LogP contribution in [0.3, 0.4) is 0 Å². The number of nitrogens with zero attached hydrogens (tertiary/aromatic N) is 6. The molecule has 0 fully saturated rings. The standard InChI is InChI=1S/C21H16N6OS/c28-21-19-17(16-9-5-2-6-10-16)13-29-20(19)22-14-26(21)12-18-23-24-25-27(18)11-15-7-3-1-4-8-15/h1-10,13-14H,11-12H2. The van der Waals surface area contributed by atoms with E-state index in [1.54, 1.807) is 15.6 Å². The number of hydrogen-bond acceptors (Lipinski definition) is 6. The summed E-state index contributed by atoms with van der Waals surface area (Å²) in [4.78, 5) is 18.4. The second kappa shape index (κ2) is 7.40. The number of hydrogen-bond donors (Lipinski definition) is 0. The average Bonchev–Trinajstić information content (AvgIpc) is 3.39. The minimum absolute atomic E-state index is 0.0932. The molecule has 2 aromatic carbocycles. The lowest BCUT2D eigenvalue weighted by Crippen LogP contribution is -2.23. The van der Waals surface area contributed by atoms with E-state index in [0.717, 1.165) is 21.5 Å². The molecule has 3 aromatic heterocycles. The minimum atomic E-state index is -0.0932. The molecule has 8 heteroatoms. The zero-order valence-corrected chi connectivity index (χ0v) is 16.2. The molecule has 0 aliphatic rings. The predicted octanol–water partition coefficient (Wildman–Crippen LogP) is 3.21. The van der Waals surface area contributed by atoms with E-state index in [1.807, 2.05) is 66.0 Å². The molecule has 0 bridgehead atoms. The van der Waals surface area contributed by atoms with Crippen LogP contribution in [-0.4, -0.2) is 29.8 Å². The maximum atomic E-state index is 13.2. The van der Waals surface area contributed by atoms with Gasteiger partial charge in [-0.3, -0.25) is 9.36 Å². The molecule has 0 unspecified atom stereocenters. The van der Waals surface area contributed by atoms with Gasteiger partial charge in [-0.05, 0) is 21.6 Å². The summed E-state index contributed by atoms with van der Waals surface area (Å²) >= 11 is 1.47. The Labute approximate surface area is 169 Å². The highest BCUT2D eigenvalue weighted by Gasteiger charge is 2.15. The van der Waals surface area contributed by atoms with Crippen molar-refractivity contribution in [3.05, 3.63) is 94.1 Å². The second-order valence-corrected chi connectivity index (χ2v) is 7.47. The SMILES string of the molecule is O=c1c2c(-c3ccccc3)csc2ncn1Cc1nnnn1Cc1ccccc1. The Morgan fingerprint density at radius 2 is 1.69 bits per heavy atom. The third-order valence-corrected chi connectivity index (χ3v) is 5.62. The molecule has 0 aliphatic carbocycles. The van der Waals surface area contributed by atoms with Gasteiger partial charge in [0.1, 0.15) is 4.83 Å². The second-order valence-electron chi connectivity index (χ2n) is 6.61. The Balaban J connectivity index is 1.52. The maximum Gasteiger partial charge on any atom is 0.263 e. The van der Waals surface area contributed by atoms with Crippen molar-refractivity contribution in [1.29, 1.82) is 0 Å². The smallest absolute Gasteiger partial charge is 0.263 e. The normalized spacial score (nSPS) is 11.2. The highest BCUT2D eigenvalue weighted by atomic mass is 32.1. The van der Waals surface area contributed by atoms with Crippen LogP contribution in [0.1, 0.15) is 11.4 Å². The van der Waals surface area contributed by atoms with E-state index in [1.165, 1.54) is 11.3 Å². The number of aromatic nitrogens is 6. The summed E-state index contributed by atoms with van der Waals surface area (Å²) in [6.07, 6.45) is 1.57. The van der Waals surface area contributed by atoms with Gasteiger partial charge in [0.2, 0.25) is 0 Å². The molecule has 5 aromatic rings. The summed E-state index contributed by atoms with van der Waals surface area (Å²) in [6, 6.07) is 19.8. The summed E-state index contributed by atoms with van der Waals surface area (Å²) in [6.45, 7) is 0.799. The molecule has 7 nitrogen and oxygen atoms in total. The first-order valence-electron chi connectivity index (χ1n) is 9.10. The largest absolute Gasteiger partial charge is 0.291 e. The van der Waals surface area contributed by atoms with Crippen molar-refractivity contribution < 1.29 is 0 Å². The fourth-order valence-electron chi connectivity index (χ4n) is 3.28. The summed E-state index contributed by atoms with van der Waals surface area (Å²) in [7, 11) is 0. The molecule has 0 radical (unpaired) electrons. The minimum Gasteiger partial charge on any atom is -0.291 e. The van der Waals surface area contributed by atoms with Crippen LogP contribution in [0.5, 0.6) is 0 Å². The molecule has 29 heavy (non-hydrogen) atoms. The average molecular weight is 400 g/mol. The molecule has 3 heterocycles. The number of benzene rings is 2. The molecule has 0 spiro atoms. The van der Waals surface area contributed by atoms with Crippen molar-refractivity contribution in [3.8, 4) is 11.1 Å². The first-order chi connectivity index (χ1) is 14.3. The Kier molecular flexibility index (Phi) is 4.45. The van der Waals surface area contributed by atoms with Crippen LogP contribution in [0.25, 0.3) is 21.3 Å². The van der Waals surface area contributed by atoms with Gasteiger partial charge in [0, 0.05) is 10.9 Å². The lowest BCUT2D eigenvalue weighted by Gasteiger charge is -2.07. The van der Waals surface area contributed by atoms with E-state index in [-0.39, 0.29) is 12.1 Å². The highest BCUT2D eigenvalue weighted by molar-refractivity contribution is 7.17. The van der Waals surface area contributed by atoms with Crippen LogP contribution in [0.2, 0.25) is 0 Å². The van der Waals surface area contributed by atoms with Gasteiger partial charge < -0.3 is 0 Å². The quantitative estimate of drug-likeness (QED) is 0.453. The molecule has 0 saturated carbocycles. The van der Waals surface area contributed by atoms with E-state index in [2.05, 4.69) is 20.5 Å². The first-order valence-corrected chi connectivity index (χ1v) is 9.98. The van der Waals surface area contributed by atoms with Crippen molar-refractivity contribution in [1.82, 2.24) is 29.8 Å². The maximum absolute atomic E-state index is 13.2. The van der Waals surface area contributed by atoms with Crippen molar-refractivity contribution in [3.63, 3.8) is 0 Å². The summed E-state index contributed by atoms with van der Waals surface area (Å²) < 4.78 is 3.27. The van der Waals surface area contributed by atoms with Crippen molar-refractivity contribution in [2.75, 3.05) is 0 Å². The zero-order valence-electron chi connectivity index (χ0n) is 15.3. The van der Waals surface area contributed by atoms with Gasteiger partial charge in [-0.25, -0.2) is 9.67 Å². The Hall–Kier alpha value is -3.65. The van der Waals surface area contributed by atoms with Gasteiger partial charge in [0.05, 0.1) is 24.8 Å². The fraction of sp³-hybridized carbons (Fsp3) is 0.0952. The fourth-order valence-corrected chi connectivity index (χ4v) is 4.18. The third kappa shape index (κ3) is 3.34. The molecule has 0 amide bonds. The van der Waals surface area contributed by atoms with E-state index in [4.69, 9.17) is 0 Å². The molecule has 0 saturated heterocycles. The van der Waals surface area contributed by atoms with Crippen molar-refractivity contribution in [2.45, 2.75) is 13.1 Å². The number of rotatable bonds is 5. The molecule has 5 rings (SSSR count). The lowest BCUT2D eigenvalue weighted by atomic mass is 10.1. The van der Waals surface area contributed by atoms with E-state index in [0.29, 0.717) is 17.8 Å². The summed E-state index contributed by atoms with van der Waals surface area (Å²) in [5.74, 6) is 0.605. The van der Waals surface area contributed by atoms with Gasteiger partial charge in [-0.1, -0.05) is 60.7 Å². The molecule has 0 aliphatic heterocycles. The number of thiophene rings is 1. The van der Waals surface area contributed by atoms with Gasteiger partial charge >= 0.3 is 0 Å². The van der Waals surface area contributed by atoms with Crippen LogP contribution in [0.15, 0.2) is 77.2 Å². The summed E-state index contributed by atoms with van der Waals surface area (Å²) in [5, 5.41) is 14.6. The third-order valence-electron chi connectivity index (χ3n) is 4.74. The van der Waals surface area contributed by atoms with Crippen molar-refractivity contribution in [2.24, 2.45) is 0 Å². The number of tetrazole rings is 1. The number of fused-ring (bicyclic) bond motifs is 1. The molecule has 142 valence electrons. The first kappa shape index (κ1) is 17.4. The van der Waals surface area contributed by atoms with Crippen LogP contribution in [-0.2, 0) is 13.1 Å². The predicted molar refractivity (Wildman–Crippen MR) is 112 cm³/mol. The monoisotopic (exact) mass is 400 g/mol. The van der Waals surface area contributed by atoms with Gasteiger partial charge in [0.15, 0.2) is 5.82 Å². The van der Waals surface area contributed by atoms with Gasteiger partial charge in [-0.2, -0.15) is 0 Å². The van der Waals surface area contributed by atoms with Crippen molar-refractivity contribution >= 4 is 21.6 Å². The van der Waals surface area contributed by atoms with Gasteiger partial charge in [-0.15, -0.1) is 16.4 Å². The Morgan fingerprint density at radius 3 is 2.48 bits per heavy atom. The molecule has 0 N–H and O–H groups in total. The van der Waals surface area contributed by atoms with E-state index in [9.17, 15) is 4.79 Å². The van der Waals surface area contributed by atoms with Crippen LogP contribution in [0, 0.1) is 0 Å². The molecule has 0 atom stereocenters. The highest BCUT2D eigenvalue weighted by Crippen LogP contribution is 2.30. The van der Waals surface area contributed by atoms with E-state index < -0.39 is 0 Å². The summed E-state index contributed by atoms with van der Waals surface area (Å²) in [5.41, 5.74) is 2.90. The van der Waals surface area contributed by atoms with Crippen LogP contribution < -0.4 is 5.56 Å². The lowest BCUT2D eigenvalue weighted by molar-refractivity contribution is 0.591. The van der Waals surface area contributed by atoms with E-state index >= 15 is 0 Å². The Morgan fingerprint density at radius 1 is 0.931 bits per heavy atom. The zero-order chi connectivity index (χ0) is 19.6. The Bertz CT molecular complexity index is 1320. The van der Waals surface area contributed by atoms with Gasteiger partial charge in [0.25, 0.3) is 5.56 Å².